The molecule has 0 saturated carbocycles. The van der Waals surface area contributed by atoms with E-state index in [2.05, 4.69) is 6.07 Å². The summed E-state index contributed by atoms with van der Waals surface area (Å²) in [6.07, 6.45) is 1.64. The number of hydrogen-bond donors (Lipinski definition) is 1. The molecular weight excluding hydrogens is 308 g/mol. The van der Waals surface area contributed by atoms with Gasteiger partial charge in [0.1, 0.15) is 5.41 Å². The Balaban J connectivity index is 1.47. The van der Waals surface area contributed by atoms with Crippen molar-refractivity contribution < 1.29 is 19.4 Å². The SMILES string of the molecule is O=C(CN1C[C@@H]2CCOC[C@]2(C(=O)O)C1)N1CCc2ccccc21. The van der Waals surface area contributed by atoms with E-state index < -0.39 is 11.4 Å². The number of likely N-dealkylation sites (tertiary alicyclic amines) is 1. The molecule has 24 heavy (non-hydrogen) atoms. The minimum absolute atomic E-state index is 0.0556. The molecule has 0 unspecified atom stereocenters. The number of carboxylic acid groups (broad SMARTS) is 1. The summed E-state index contributed by atoms with van der Waals surface area (Å²) in [6.45, 7) is 2.92. The van der Waals surface area contributed by atoms with Crippen molar-refractivity contribution in [2.24, 2.45) is 11.3 Å². The average Bonchev–Trinajstić information content (AvgIpc) is 3.16. The van der Waals surface area contributed by atoms with E-state index in [1.54, 1.807) is 0 Å². The van der Waals surface area contributed by atoms with Gasteiger partial charge in [0.15, 0.2) is 0 Å². The van der Waals surface area contributed by atoms with Crippen LogP contribution in [0.3, 0.4) is 0 Å². The molecule has 0 aliphatic carbocycles. The minimum Gasteiger partial charge on any atom is -0.481 e. The zero-order chi connectivity index (χ0) is 16.7. The predicted molar refractivity (Wildman–Crippen MR) is 87.9 cm³/mol. The van der Waals surface area contributed by atoms with E-state index in [4.69, 9.17) is 4.74 Å². The zero-order valence-corrected chi connectivity index (χ0v) is 13.6. The number of aliphatic carboxylic acids is 1. The first-order chi connectivity index (χ1) is 11.6. The first-order valence-electron chi connectivity index (χ1n) is 8.52. The van der Waals surface area contributed by atoms with E-state index in [1.165, 1.54) is 5.56 Å². The number of ether oxygens (including phenoxy) is 1. The Hall–Kier alpha value is -1.92. The van der Waals surface area contributed by atoms with Crippen LogP contribution in [0, 0.1) is 11.3 Å². The fraction of sp³-hybridized carbons (Fsp3) is 0.556. The first kappa shape index (κ1) is 15.6. The number of hydrogen-bond acceptors (Lipinski definition) is 4. The zero-order valence-electron chi connectivity index (χ0n) is 13.6. The van der Waals surface area contributed by atoms with Crippen LogP contribution in [0.2, 0.25) is 0 Å². The highest BCUT2D eigenvalue weighted by Gasteiger charge is 2.54. The lowest BCUT2D eigenvalue weighted by Gasteiger charge is -2.34. The highest BCUT2D eigenvalue weighted by molar-refractivity contribution is 5.96. The molecule has 1 aromatic rings. The molecule has 3 aliphatic heterocycles. The molecule has 0 aromatic heterocycles. The molecule has 1 amide bonds. The van der Waals surface area contributed by atoms with Crippen LogP contribution in [-0.4, -0.2) is 61.3 Å². The Labute approximate surface area is 141 Å². The lowest BCUT2D eigenvalue weighted by molar-refractivity contribution is -0.159. The number of anilines is 1. The van der Waals surface area contributed by atoms with Crippen LogP contribution in [0.1, 0.15) is 12.0 Å². The molecule has 4 rings (SSSR count). The van der Waals surface area contributed by atoms with Crippen molar-refractivity contribution in [2.45, 2.75) is 12.8 Å². The highest BCUT2D eigenvalue weighted by Crippen LogP contribution is 2.41. The Morgan fingerprint density at radius 1 is 1.33 bits per heavy atom. The van der Waals surface area contributed by atoms with Gasteiger partial charge in [-0.05, 0) is 30.4 Å². The molecular formula is C18H22N2O4. The van der Waals surface area contributed by atoms with Gasteiger partial charge in [-0.3, -0.25) is 14.5 Å². The second-order valence-corrected chi connectivity index (χ2v) is 7.09. The van der Waals surface area contributed by atoms with Gasteiger partial charge in [0.05, 0.1) is 13.2 Å². The van der Waals surface area contributed by atoms with Gasteiger partial charge in [-0.15, -0.1) is 0 Å². The van der Waals surface area contributed by atoms with Crippen molar-refractivity contribution in [2.75, 3.05) is 44.3 Å². The van der Waals surface area contributed by atoms with Crippen molar-refractivity contribution in [1.29, 1.82) is 0 Å². The standard InChI is InChI=1S/C18H22N2O4/c21-16(20-7-5-13-3-1-2-4-15(13)20)10-19-9-14-6-8-24-12-18(14,11-19)17(22)23/h1-4,14H,5-12H2,(H,22,23)/t14-,18+/m0/s1. The van der Waals surface area contributed by atoms with Gasteiger partial charge in [-0.1, -0.05) is 18.2 Å². The number of benzene rings is 1. The fourth-order valence-corrected chi connectivity index (χ4v) is 4.39. The van der Waals surface area contributed by atoms with Crippen LogP contribution in [-0.2, 0) is 20.7 Å². The Morgan fingerprint density at radius 2 is 2.17 bits per heavy atom. The van der Waals surface area contributed by atoms with Crippen LogP contribution in [0.4, 0.5) is 5.69 Å². The van der Waals surface area contributed by atoms with E-state index >= 15 is 0 Å². The molecule has 2 fully saturated rings. The Morgan fingerprint density at radius 3 is 2.96 bits per heavy atom. The number of nitrogens with zero attached hydrogens (tertiary/aromatic N) is 2. The summed E-state index contributed by atoms with van der Waals surface area (Å²) in [5, 5.41) is 9.69. The summed E-state index contributed by atoms with van der Waals surface area (Å²) < 4.78 is 5.44. The van der Waals surface area contributed by atoms with Gasteiger partial charge in [0, 0.05) is 31.9 Å². The van der Waals surface area contributed by atoms with Crippen molar-refractivity contribution >= 4 is 17.6 Å². The van der Waals surface area contributed by atoms with Crippen LogP contribution in [0.15, 0.2) is 24.3 Å². The van der Waals surface area contributed by atoms with Crippen molar-refractivity contribution in [3.05, 3.63) is 29.8 Å². The molecule has 6 nitrogen and oxygen atoms in total. The summed E-state index contributed by atoms with van der Waals surface area (Å²) in [5.74, 6) is -0.670. The number of amides is 1. The third-order valence-electron chi connectivity index (χ3n) is 5.71. The first-order valence-corrected chi connectivity index (χ1v) is 8.52. The van der Waals surface area contributed by atoms with Gasteiger partial charge >= 0.3 is 5.97 Å². The number of para-hydroxylation sites is 1. The van der Waals surface area contributed by atoms with Gasteiger partial charge in [0.25, 0.3) is 0 Å². The maximum absolute atomic E-state index is 12.7. The maximum Gasteiger partial charge on any atom is 0.313 e. The van der Waals surface area contributed by atoms with E-state index in [0.717, 1.165) is 18.5 Å². The molecule has 1 N–H and O–H groups in total. The lowest BCUT2D eigenvalue weighted by atomic mass is 9.76. The normalized spacial score (nSPS) is 29.3. The summed E-state index contributed by atoms with van der Waals surface area (Å²) in [7, 11) is 0. The minimum atomic E-state index is -0.846. The Kier molecular flexibility index (Phi) is 3.81. The predicted octanol–water partition coefficient (Wildman–Crippen LogP) is 0.999. The van der Waals surface area contributed by atoms with Gasteiger partial charge in [0.2, 0.25) is 5.91 Å². The quantitative estimate of drug-likeness (QED) is 0.895. The average molecular weight is 330 g/mol. The highest BCUT2D eigenvalue weighted by atomic mass is 16.5. The van der Waals surface area contributed by atoms with Crippen LogP contribution in [0.5, 0.6) is 0 Å². The van der Waals surface area contributed by atoms with E-state index in [9.17, 15) is 14.7 Å². The molecule has 2 saturated heterocycles. The summed E-state index contributed by atoms with van der Waals surface area (Å²) in [4.78, 5) is 28.4. The molecule has 6 heteroatoms. The molecule has 0 radical (unpaired) electrons. The summed E-state index contributed by atoms with van der Waals surface area (Å²) in [6, 6.07) is 7.99. The second kappa shape index (κ2) is 5.86. The third kappa shape index (κ3) is 2.41. The van der Waals surface area contributed by atoms with Crippen LogP contribution < -0.4 is 4.90 Å². The smallest absolute Gasteiger partial charge is 0.313 e. The van der Waals surface area contributed by atoms with Gasteiger partial charge in [-0.2, -0.15) is 0 Å². The van der Waals surface area contributed by atoms with Crippen molar-refractivity contribution in [1.82, 2.24) is 4.90 Å². The van der Waals surface area contributed by atoms with E-state index in [0.29, 0.717) is 26.2 Å². The van der Waals surface area contributed by atoms with E-state index in [-0.39, 0.29) is 25.0 Å². The second-order valence-electron chi connectivity index (χ2n) is 7.09. The number of rotatable bonds is 3. The van der Waals surface area contributed by atoms with E-state index in [1.807, 2.05) is 28.0 Å². The lowest BCUT2D eigenvalue weighted by Crippen LogP contribution is -2.47. The Bertz CT molecular complexity index is 677. The molecule has 3 heterocycles. The number of carbonyl (C=O) groups is 2. The van der Waals surface area contributed by atoms with Crippen molar-refractivity contribution in [3.8, 4) is 0 Å². The molecule has 3 aliphatic rings. The van der Waals surface area contributed by atoms with Gasteiger partial charge in [-0.25, -0.2) is 0 Å². The summed E-state index contributed by atoms with van der Waals surface area (Å²) in [5.41, 5.74) is 1.35. The molecule has 2 atom stereocenters. The monoisotopic (exact) mass is 330 g/mol. The van der Waals surface area contributed by atoms with Gasteiger partial charge < -0.3 is 14.7 Å². The maximum atomic E-state index is 12.7. The third-order valence-corrected chi connectivity index (χ3v) is 5.71. The largest absolute Gasteiger partial charge is 0.481 e. The van der Waals surface area contributed by atoms with Crippen LogP contribution >= 0.6 is 0 Å². The number of carboxylic acids is 1. The molecule has 0 bridgehead atoms. The molecule has 128 valence electrons. The molecule has 1 aromatic carbocycles. The topological polar surface area (TPSA) is 70.1 Å². The fourth-order valence-electron chi connectivity index (χ4n) is 4.39. The molecule has 0 spiro atoms. The number of fused-ring (bicyclic) bond motifs is 2. The van der Waals surface area contributed by atoms with Crippen LogP contribution in [0.25, 0.3) is 0 Å². The summed E-state index contributed by atoms with van der Waals surface area (Å²) >= 11 is 0. The van der Waals surface area contributed by atoms with Crippen molar-refractivity contribution in [3.63, 3.8) is 0 Å². The number of carbonyl (C=O) groups excluding carboxylic acids is 1.